The Morgan fingerprint density at radius 1 is 0.333 bits per heavy atom. The zero-order valence-corrected chi connectivity index (χ0v) is 35.3. The number of nitriles is 3. The average Bonchev–Trinajstić information content (AvgIpc) is 3.75. The van der Waals surface area contributed by atoms with Gasteiger partial charge >= 0.3 is 0 Å². The molecule has 2 aliphatic carbocycles. The fourth-order valence-corrected chi connectivity index (χ4v) is 11.1. The summed E-state index contributed by atoms with van der Waals surface area (Å²) in [4.78, 5) is 0. The second-order valence-corrected chi connectivity index (χ2v) is 17.9. The van der Waals surface area contributed by atoms with Crippen LogP contribution in [0.5, 0.6) is 0 Å². The fraction of sp³-hybridized carbons (Fsp3) is 0.0833. The maximum Gasteiger partial charge on any atom is 0.0991 e. The number of nitrogens with zero attached hydrogens (tertiary/aromatic N) is 3. The standard InChI is InChI=1S/C60H37N3/c1-33-22-35(30-61)12-16-39(33)49-27-55-51(42-18-14-37(32-63)24-48(42)49)26-50(40-17-13-36(31-62)23-34(40)2)54-28-52-46-10-7-9-45-41(20-21-47(59(45)46)53(52)29-56(54)55)38-15-19-44-43-8-5-6-11-57(43)60(3,4)58(44)25-38/h5-29H,1-4H3. The first-order valence-corrected chi connectivity index (χ1v) is 21.4. The van der Waals surface area contributed by atoms with Crippen molar-refractivity contribution in [1.29, 1.82) is 15.8 Å². The van der Waals surface area contributed by atoms with Crippen molar-refractivity contribution in [2.24, 2.45) is 0 Å². The molecule has 0 aromatic heterocycles. The van der Waals surface area contributed by atoms with Crippen LogP contribution in [0.3, 0.4) is 0 Å². The molecule has 0 spiro atoms. The van der Waals surface area contributed by atoms with Crippen molar-refractivity contribution < 1.29 is 0 Å². The highest BCUT2D eigenvalue weighted by Crippen LogP contribution is 2.54. The lowest BCUT2D eigenvalue weighted by Gasteiger charge is -2.22. The lowest BCUT2D eigenvalue weighted by Crippen LogP contribution is -2.14. The molecule has 63 heavy (non-hydrogen) atoms. The summed E-state index contributed by atoms with van der Waals surface area (Å²) >= 11 is 0. The van der Waals surface area contributed by atoms with Crippen LogP contribution < -0.4 is 0 Å². The highest BCUT2D eigenvalue weighted by molar-refractivity contribution is 6.27. The fourth-order valence-electron chi connectivity index (χ4n) is 11.1. The van der Waals surface area contributed by atoms with Gasteiger partial charge in [0.25, 0.3) is 0 Å². The largest absolute Gasteiger partial charge is 0.192 e. The smallest absolute Gasteiger partial charge is 0.0991 e. The predicted octanol–water partition coefficient (Wildman–Crippen LogP) is 15.5. The molecule has 0 atom stereocenters. The van der Waals surface area contributed by atoms with Gasteiger partial charge in [0.05, 0.1) is 34.9 Å². The van der Waals surface area contributed by atoms with Gasteiger partial charge in [-0.15, -0.1) is 0 Å². The molecule has 3 heteroatoms. The van der Waals surface area contributed by atoms with E-state index in [1.165, 1.54) is 66.4 Å². The van der Waals surface area contributed by atoms with Crippen LogP contribution in [0.4, 0.5) is 0 Å². The van der Waals surface area contributed by atoms with Gasteiger partial charge in [0, 0.05) is 5.41 Å². The monoisotopic (exact) mass is 799 g/mol. The number of rotatable bonds is 3. The highest BCUT2D eigenvalue weighted by atomic mass is 14.4. The first-order chi connectivity index (χ1) is 30.7. The van der Waals surface area contributed by atoms with Crippen LogP contribution >= 0.6 is 0 Å². The molecule has 0 radical (unpaired) electrons. The van der Waals surface area contributed by atoms with E-state index in [1.807, 2.05) is 42.5 Å². The SMILES string of the molecule is Cc1cc(C#N)ccc1-c1cc2c3cc4c(cc3c(-c3ccc(C#N)cc3C)cc2c2ccc(C#N)cc12)-c1cccc2c(-c3ccc5c(c3)C(C)(C)c3ccccc3-5)ccc-4c12. The third-order valence-corrected chi connectivity index (χ3v) is 14.1. The number of hydrogen-bond acceptors (Lipinski definition) is 3. The molecule has 0 bridgehead atoms. The van der Waals surface area contributed by atoms with Gasteiger partial charge < -0.3 is 0 Å². The summed E-state index contributed by atoms with van der Waals surface area (Å²) in [7, 11) is 0. The summed E-state index contributed by atoms with van der Waals surface area (Å²) in [5.74, 6) is 0. The number of hydrogen-bond donors (Lipinski definition) is 0. The Morgan fingerprint density at radius 3 is 1.51 bits per heavy atom. The van der Waals surface area contributed by atoms with Crippen molar-refractivity contribution >= 4 is 43.1 Å². The minimum absolute atomic E-state index is 0.0944. The summed E-state index contributed by atoms with van der Waals surface area (Å²) in [6.45, 7) is 8.82. The Kier molecular flexibility index (Phi) is 7.60. The quantitative estimate of drug-likeness (QED) is 0.167. The Morgan fingerprint density at radius 2 is 0.825 bits per heavy atom. The van der Waals surface area contributed by atoms with Crippen LogP contribution in [0.25, 0.3) is 110 Å². The van der Waals surface area contributed by atoms with Crippen molar-refractivity contribution in [3.63, 3.8) is 0 Å². The summed E-state index contributed by atoms with van der Waals surface area (Å²) in [5, 5.41) is 38.7. The zero-order chi connectivity index (χ0) is 42.9. The predicted molar refractivity (Wildman–Crippen MR) is 258 cm³/mol. The lowest BCUT2D eigenvalue weighted by atomic mass is 9.81. The minimum Gasteiger partial charge on any atom is -0.192 e. The van der Waals surface area contributed by atoms with E-state index in [1.54, 1.807) is 0 Å². The van der Waals surface area contributed by atoms with E-state index in [0.29, 0.717) is 16.7 Å². The molecule has 3 nitrogen and oxygen atoms in total. The van der Waals surface area contributed by atoms with Crippen molar-refractivity contribution in [2.45, 2.75) is 33.1 Å². The van der Waals surface area contributed by atoms with Crippen molar-refractivity contribution in [2.75, 3.05) is 0 Å². The third kappa shape index (κ3) is 5.11. The summed E-state index contributed by atoms with van der Waals surface area (Å²) in [6, 6.07) is 61.5. The summed E-state index contributed by atoms with van der Waals surface area (Å²) in [6.07, 6.45) is 0. The van der Waals surface area contributed by atoms with Gasteiger partial charge in [-0.3, -0.25) is 0 Å². The normalized spacial score (nSPS) is 12.8. The number of fused-ring (bicyclic) bond motifs is 11. The molecule has 0 fully saturated rings. The van der Waals surface area contributed by atoms with Crippen LogP contribution in [-0.2, 0) is 5.41 Å². The Balaban J connectivity index is 1.14. The maximum atomic E-state index is 10.1. The maximum absolute atomic E-state index is 10.1. The highest BCUT2D eigenvalue weighted by Gasteiger charge is 2.35. The van der Waals surface area contributed by atoms with Crippen molar-refractivity contribution in [3.8, 4) is 85.0 Å². The number of benzene rings is 10. The second kappa shape index (κ2) is 13.1. The Hall–Kier alpha value is -8.29. The first-order valence-electron chi connectivity index (χ1n) is 21.4. The van der Waals surface area contributed by atoms with Crippen LogP contribution in [0, 0.1) is 47.8 Å². The second-order valence-electron chi connectivity index (χ2n) is 17.9. The van der Waals surface area contributed by atoms with Gasteiger partial charge in [-0.25, -0.2) is 0 Å². The van der Waals surface area contributed by atoms with Gasteiger partial charge in [-0.05, 0) is 213 Å². The average molecular weight is 800 g/mol. The molecule has 0 amide bonds. The summed E-state index contributed by atoms with van der Waals surface area (Å²) < 4.78 is 0. The molecule has 10 aromatic rings. The molecular weight excluding hydrogens is 763 g/mol. The van der Waals surface area contributed by atoms with Gasteiger partial charge in [0.15, 0.2) is 0 Å². The molecule has 0 saturated carbocycles. The topological polar surface area (TPSA) is 71.4 Å². The first kappa shape index (κ1) is 36.6. The van der Waals surface area contributed by atoms with Crippen LogP contribution in [0.1, 0.15) is 52.8 Å². The molecule has 12 rings (SSSR count). The molecule has 0 unspecified atom stereocenters. The van der Waals surface area contributed by atoms with Crippen LogP contribution in [0.2, 0.25) is 0 Å². The minimum atomic E-state index is -0.0944. The molecular formula is C60H37N3. The van der Waals surface area contributed by atoms with E-state index in [2.05, 4.69) is 155 Å². The van der Waals surface area contributed by atoms with E-state index in [4.69, 9.17) is 0 Å². The zero-order valence-electron chi connectivity index (χ0n) is 35.3. The molecule has 0 saturated heterocycles. The molecule has 10 aromatic carbocycles. The van der Waals surface area contributed by atoms with Crippen molar-refractivity contribution in [3.05, 3.63) is 191 Å². The Bertz CT molecular complexity index is 3880. The van der Waals surface area contributed by atoms with Crippen molar-refractivity contribution in [1.82, 2.24) is 0 Å². The molecule has 0 N–H and O–H groups in total. The Labute approximate surface area is 366 Å². The van der Waals surface area contributed by atoms with E-state index in [9.17, 15) is 15.8 Å². The molecule has 2 aliphatic rings. The molecule has 0 aliphatic heterocycles. The lowest BCUT2D eigenvalue weighted by molar-refractivity contribution is 0.660. The van der Waals surface area contributed by atoms with Gasteiger partial charge in [0.2, 0.25) is 0 Å². The van der Waals surface area contributed by atoms with Gasteiger partial charge in [-0.2, -0.15) is 15.8 Å². The summed E-state index contributed by atoms with van der Waals surface area (Å²) in [5.41, 5.74) is 20.7. The van der Waals surface area contributed by atoms with E-state index < -0.39 is 0 Å². The van der Waals surface area contributed by atoms with Crippen LogP contribution in [0.15, 0.2) is 152 Å². The van der Waals surface area contributed by atoms with E-state index in [0.717, 1.165) is 65.7 Å². The van der Waals surface area contributed by atoms with E-state index in [-0.39, 0.29) is 5.41 Å². The molecule has 0 heterocycles. The number of aryl methyl sites for hydroxylation is 2. The van der Waals surface area contributed by atoms with E-state index >= 15 is 0 Å². The van der Waals surface area contributed by atoms with Crippen LogP contribution in [-0.4, -0.2) is 0 Å². The van der Waals surface area contributed by atoms with Gasteiger partial charge in [0.1, 0.15) is 0 Å². The van der Waals surface area contributed by atoms with Gasteiger partial charge in [-0.1, -0.05) is 98.8 Å². The third-order valence-electron chi connectivity index (χ3n) is 14.1. The molecule has 292 valence electrons.